The lowest BCUT2D eigenvalue weighted by Crippen LogP contribution is -2.45. The summed E-state index contributed by atoms with van der Waals surface area (Å²) in [6, 6.07) is 5.53. The highest BCUT2D eigenvalue weighted by atomic mass is 79.9. The van der Waals surface area contributed by atoms with Gasteiger partial charge in [0.1, 0.15) is 0 Å². The first-order valence-corrected chi connectivity index (χ1v) is 8.57. The molecule has 23 heavy (non-hydrogen) atoms. The molecule has 1 N–H and O–H groups in total. The zero-order chi connectivity index (χ0) is 16.9. The predicted octanol–water partition coefficient (Wildman–Crippen LogP) is 1.98. The molecular weight excluding hydrogens is 361 g/mol. The summed E-state index contributed by atoms with van der Waals surface area (Å²) in [5, 5.41) is 3.19. The van der Waals surface area contributed by atoms with Crippen LogP contribution < -0.4 is 10.8 Å². The highest BCUT2D eigenvalue weighted by Crippen LogP contribution is 2.19. The molecule has 1 heterocycles. The molecular formula is C16H23BBrNO4. The Morgan fingerprint density at radius 1 is 1.30 bits per heavy atom. The van der Waals surface area contributed by atoms with Crippen LogP contribution in [-0.4, -0.2) is 46.0 Å². The van der Waals surface area contributed by atoms with Gasteiger partial charge in [-0.1, -0.05) is 32.9 Å². The van der Waals surface area contributed by atoms with Crippen LogP contribution in [0.2, 0.25) is 0 Å². The van der Waals surface area contributed by atoms with Crippen LogP contribution >= 0.6 is 15.9 Å². The van der Waals surface area contributed by atoms with E-state index in [1.807, 2.05) is 39.0 Å². The lowest BCUT2D eigenvalue weighted by Gasteiger charge is -2.22. The molecule has 0 amide bonds. The topological polar surface area (TPSA) is 56.8 Å². The minimum Gasteiger partial charge on any atom is -0.462 e. The number of hydrogen-bond donors (Lipinski definition) is 1. The second-order valence-electron chi connectivity index (χ2n) is 6.66. The van der Waals surface area contributed by atoms with Gasteiger partial charge in [-0.3, -0.25) is 0 Å². The lowest BCUT2D eigenvalue weighted by molar-refractivity contribution is 0.0366. The van der Waals surface area contributed by atoms with Crippen molar-refractivity contribution in [1.82, 2.24) is 5.32 Å². The van der Waals surface area contributed by atoms with Crippen LogP contribution in [0.25, 0.3) is 0 Å². The van der Waals surface area contributed by atoms with Crippen LogP contribution in [0.1, 0.15) is 31.1 Å². The van der Waals surface area contributed by atoms with Crippen LogP contribution in [0.4, 0.5) is 0 Å². The van der Waals surface area contributed by atoms with Crippen molar-refractivity contribution >= 4 is 34.5 Å². The lowest BCUT2D eigenvalue weighted by atomic mass is 9.75. The summed E-state index contributed by atoms with van der Waals surface area (Å²) in [5.74, 6) is -0.366. The van der Waals surface area contributed by atoms with Crippen LogP contribution in [0, 0.1) is 5.41 Å². The second kappa shape index (κ2) is 8.28. The maximum absolute atomic E-state index is 12.6. The number of benzene rings is 1. The molecule has 2 rings (SSSR count). The summed E-state index contributed by atoms with van der Waals surface area (Å²) < 4.78 is 17.6. The van der Waals surface area contributed by atoms with Crippen LogP contribution in [0.5, 0.6) is 0 Å². The van der Waals surface area contributed by atoms with Crippen molar-refractivity contribution in [1.29, 1.82) is 0 Å². The molecule has 7 heteroatoms. The van der Waals surface area contributed by atoms with Gasteiger partial charge in [-0.05, 0) is 32.9 Å². The quantitative estimate of drug-likeness (QED) is 0.638. The van der Waals surface area contributed by atoms with Crippen molar-refractivity contribution in [2.24, 2.45) is 5.41 Å². The fourth-order valence-electron chi connectivity index (χ4n) is 2.14. The number of carbonyl (C=O) groups is 1. The summed E-state index contributed by atoms with van der Waals surface area (Å²) in [7, 11) is -0.563. The predicted molar refractivity (Wildman–Crippen MR) is 94.0 cm³/mol. The van der Waals surface area contributed by atoms with Crippen molar-refractivity contribution < 1.29 is 18.8 Å². The Morgan fingerprint density at radius 2 is 1.96 bits per heavy atom. The molecule has 0 aliphatic carbocycles. The Hall–Kier alpha value is -0.885. The molecule has 1 aliphatic rings. The number of nitrogens with one attached hydrogen (secondary N) is 1. The van der Waals surface area contributed by atoms with E-state index < -0.39 is 7.12 Å². The molecule has 1 aromatic carbocycles. The number of carbonyl (C=O) groups excluding carboxylic acids is 1. The Kier molecular flexibility index (Phi) is 6.65. The number of halogens is 1. The Morgan fingerprint density at radius 3 is 2.57 bits per heavy atom. The van der Waals surface area contributed by atoms with Crippen LogP contribution in [-0.2, 0) is 14.0 Å². The molecule has 0 radical (unpaired) electrons. The third-order valence-corrected chi connectivity index (χ3v) is 3.90. The van der Waals surface area contributed by atoms with Crippen molar-refractivity contribution in [2.75, 3.05) is 32.9 Å². The Balaban J connectivity index is 2.22. The van der Waals surface area contributed by atoms with Crippen molar-refractivity contribution in [3.8, 4) is 0 Å². The third-order valence-electron chi connectivity index (χ3n) is 3.24. The number of ether oxygens (including phenoxy) is 1. The Bertz CT molecular complexity index is 539. The van der Waals surface area contributed by atoms with Gasteiger partial charge in [0.05, 0.1) is 12.2 Å². The van der Waals surface area contributed by atoms with E-state index in [2.05, 4.69) is 21.2 Å². The normalized spacial score (nSPS) is 16.6. The maximum Gasteiger partial charge on any atom is 0.494 e. The van der Waals surface area contributed by atoms with Gasteiger partial charge < -0.3 is 19.4 Å². The second-order valence-corrected chi connectivity index (χ2v) is 7.52. The summed E-state index contributed by atoms with van der Waals surface area (Å²) in [6.45, 7) is 8.99. The molecule has 0 saturated carbocycles. The van der Waals surface area contributed by atoms with E-state index in [0.29, 0.717) is 35.3 Å². The number of hydrogen-bond acceptors (Lipinski definition) is 5. The summed E-state index contributed by atoms with van der Waals surface area (Å²) in [4.78, 5) is 12.6. The molecule has 1 fully saturated rings. The molecule has 0 spiro atoms. The fraction of sp³-hybridized carbons (Fsp3) is 0.562. The minimum absolute atomic E-state index is 0.0873. The van der Waals surface area contributed by atoms with Crippen molar-refractivity contribution in [3.63, 3.8) is 0 Å². The first-order valence-electron chi connectivity index (χ1n) is 7.78. The zero-order valence-electron chi connectivity index (χ0n) is 13.9. The highest BCUT2D eigenvalue weighted by Gasteiger charge is 2.30. The van der Waals surface area contributed by atoms with E-state index >= 15 is 0 Å². The average molecular weight is 384 g/mol. The van der Waals surface area contributed by atoms with Gasteiger partial charge in [-0.15, -0.1) is 0 Å². The van der Waals surface area contributed by atoms with Gasteiger partial charge in [0.15, 0.2) is 0 Å². The van der Waals surface area contributed by atoms with Gasteiger partial charge >= 0.3 is 13.1 Å². The molecule has 0 atom stereocenters. The molecule has 0 aromatic heterocycles. The molecule has 5 nitrogen and oxygen atoms in total. The SMILES string of the molecule is CC(C)(C)COC(=O)c1c(Br)cccc1B1OCCNCCO1. The Labute approximate surface area is 146 Å². The molecule has 0 unspecified atom stereocenters. The van der Waals surface area contributed by atoms with E-state index in [1.54, 1.807) is 0 Å². The highest BCUT2D eigenvalue weighted by molar-refractivity contribution is 9.10. The van der Waals surface area contributed by atoms with Gasteiger partial charge in [-0.25, -0.2) is 4.79 Å². The van der Waals surface area contributed by atoms with E-state index in [4.69, 9.17) is 14.0 Å². The van der Waals surface area contributed by atoms with Gasteiger partial charge in [-0.2, -0.15) is 0 Å². The van der Waals surface area contributed by atoms with E-state index in [-0.39, 0.29) is 11.4 Å². The molecule has 1 aliphatic heterocycles. The molecule has 0 bridgehead atoms. The maximum atomic E-state index is 12.6. The summed E-state index contributed by atoms with van der Waals surface area (Å²) >= 11 is 3.45. The third kappa shape index (κ3) is 5.60. The number of esters is 1. The average Bonchev–Trinajstić information content (AvgIpc) is 2.43. The number of rotatable bonds is 3. The molecule has 1 saturated heterocycles. The molecule has 126 valence electrons. The van der Waals surface area contributed by atoms with Crippen LogP contribution in [0.15, 0.2) is 22.7 Å². The first-order chi connectivity index (χ1) is 10.9. The van der Waals surface area contributed by atoms with E-state index in [9.17, 15) is 4.79 Å². The minimum atomic E-state index is -0.563. The van der Waals surface area contributed by atoms with Gasteiger partial charge in [0, 0.05) is 30.8 Å². The fourth-order valence-corrected chi connectivity index (χ4v) is 2.68. The summed E-state index contributed by atoms with van der Waals surface area (Å²) in [6.07, 6.45) is 0. The van der Waals surface area contributed by atoms with Gasteiger partial charge in [0.25, 0.3) is 0 Å². The van der Waals surface area contributed by atoms with Crippen molar-refractivity contribution in [3.05, 3.63) is 28.2 Å². The smallest absolute Gasteiger partial charge is 0.462 e. The van der Waals surface area contributed by atoms with Gasteiger partial charge in [0.2, 0.25) is 0 Å². The van der Waals surface area contributed by atoms with Crippen LogP contribution in [0.3, 0.4) is 0 Å². The largest absolute Gasteiger partial charge is 0.494 e. The first kappa shape index (κ1) is 18.5. The van der Waals surface area contributed by atoms with Crippen molar-refractivity contribution in [2.45, 2.75) is 20.8 Å². The standard InChI is InChI=1S/C16H23BBrNO4/c1-16(2,3)11-21-15(20)14-12(5-4-6-13(14)18)17-22-9-7-19-8-10-23-17/h4-6,19H,7-11H2,1-3H3. The summed E-state index contributed by atoms with van der Waals surface area (Å²) in [5.41, 5.74) is 1.08. The zero-order valence-corrected chi connectivity index (χ0v) is 15.4. The van der Waals surface area contributed by atoms with E-state index in [0.717, 1.165) is 13.1 Å². The monoisotopic (exact) mass is 383 g/mol. The molecule has 1 aromatic rings. The van der Waals surface area contributed by atoms with E-state index in [1.165, 1.54) is 0 Å².